The van der Waals surface area contributed by atoms with Crippen molar-refractivity contribution in [1.82, 2.24) is 0 Å². The molecular weight excluding hydrogens is 747 g/mol. The first kappa shape index (κ1) is 35.9. The fourth-order valence-electron chi connectivity index (χ4n) is 10.3. The lowest BCUT2D eigenvalue weighted by atomic mass is 9.67. The Kier molecular flexibility index (Phi) is 8.47. The highest BCUT2D eigenvalue weighted by Crippen LogP contribution is 2.57. The number of anilines is 3. The third kappa shape index (κ3) is 5.70. The quantitative estimate of drug-likeness (QED) is 0.145. The Balaban J connectivity index is 1.09. The molecule has 0 aromatic heterocycles. The predicted octanol–water partition coefficient (Wildman–Crippen LogP) is 16.3. The Morgan fingerprint density at radius 3 is 1.52 bits per heavy atom. The SMILES string of the molecule is c1ccc(-c2ccc3ccc4ccc(N(c5ccc(-c6cccc7ccccc67)cc5)c5ccc6c(c5)C(c5ccccc5)(c5ccccc5)c5ccccc5-6)cc4c3c2)cc1. The van der Waals surface area contributed by atoms with Gasteiger partial charge in [0.1, 0.15) is 0 Å². The van der Waals surface area contributed by atoms with Crippen molar-refractivity contribution in [2.75, 3.05) is 4.90 Å². The van der Waals surface area contributed by atoms with Crippen LogP contribution in [0.4, 0.5) is 17.1 Å². The fourth-order valence-corrected chi connectivity index (χ4v) is 10.3. The molecule has 0 saturated carbocycles. The minimum atomic E-state index is -0.512. The minimum Gasteiger partial charge on any atom is -0.310 e. The smallest absolute Gasteiger partial charge is 0.0714 e. The van der Waals surface area contributed by atoms with Gasteiger partial charge in [-0.15, -0.1) is 0 Å². The standard InChI is InChI=1S/C61H41N/c1-4-15-42(16-5-1)47-30-29-45-27-28-46-33-36-51(40-58(46)57(45)39-47)62(50-34-31-44(32-35-50)54-25-14-18-43-17-10-11-23-53(43)54)52-37-38-56-55-24-12-13-26-59(55)61(60(56)41-52,48-19-6-2-7-20-48)49-21-8-3-9-22-49/h1-41H. The first-order valence-electron chi connectivity index (χ1n) is 21.5. The number of rotatable bonds is 7. The number of benzene rings is 11. The van der Waals surface area contributed by atoms with Gasteiger partial charge in [-0.1, -0.05) is 206 Å². The van der Waals surface area contributed by atoms with Crippen molar-refractivity contribution in [2.24, 2.45) is 0 Å². The molecule has 0 radical (unpaired) electrons. The van der Waals surface area contributed by atoms with Crippen molar-refractivity contribution in [1.29, 1.82) is 0 Å². The topological polar surface area (TPSA) is 3.24 Å². The summed E-state index contributed by atoms with van der Waals surface area (Å²) >= 11 is 0. The van der Waals surface area contributed by atoms with E-state index in [1.165, 1.54) is 88.0 Å². The first-order valence-corrected chi connectivity index (χ1v) is 21.5. The summed E-state index contributed by atoms with van der Waals surface area (Å²) < 4.78 is 0. The van der Waals surface area contributed by atoms with E-state index in [2.05, 4.69) is 254 Å². The molecule has 0 unspecified atom stereocenters. The molecule has 1 nitrogen and oxygen atoms in total. The molecule has 0 saturated heterocycles. The molecule has 0 amide bonds. The average molecular weight is 788 g/mol. The maximum Gasteiger partial charge on any atom is 0.0714 e. The molecular formula is C61H41N. The maximum absolute atomic E-state index is 2.47. The molecule has 0 N–H and O–H groups in total. The van der Waals surface area contributed by atoms with Crippen LogP contribution in [0.3, 0.4) is 0 Å². The van der Waals surface area contributed by atoms with Crippen LogP contribution in [-0.4, -0.2) is 0 Å². The highest BCUT2D eigenvalue weighted by atomic mass is 15.1. The molecule has 0 heterocycles. The van der Waals surface area contributed by atoms with E-state index in [-0.39, 0.29) is 0 Å². The molecule has 1 aliphatic rings. The molecule has 12 rings (SSSR count). The summed E-state index contributed by atoms with van der Waals surface area (Å²) in [4.78, 5) is 2.45. The van der Waals surface area contributed by atoms with Crippen molar-refractivity contribution < 1.29 is 0 Å². The number of fused-ring (bicyclic) bond motifs is 7. The van der Waals surface area contributed by atoms with Crippen molar-refractivity contribution in [3.8, 4) is 33.4 Å². The molecule has 0 atom stereocenters. The van der Waals surface area contributed by atoms with Crippen LogP contribution < -0.4 is 4.90 Å². The van der Waals surface area contributed by atoms with Gasteiger partial charge in [0.05, 0.1) is 5.41 Å². The maximum atomic E-state index is 2.47. The summed E-state index contributed by atoms with van der Waals surface area (Å²) in [7, 11) is 0. The van der Waals surface area contributed by atoms with Crippen LogP contribution in [0.1, 0.15) is 22.3 Å². The molecule has 290 valence electrons. The fraction of sp³-hybridized carbons (Fsp3) is 0.0164. The van der Waals surface area contributed by atoms with E-state index in [0.29, 0.717) is 0 Å². The van der Waals surface area contributed by atoms with Gasteiger partial charge < -0.3 is 4.90 Å². The van der Waals surface area contributed by atoms with Gasteiger partial charge in [0, 0.05) is 17.1 Å². The highest BCUT2D eigenvalue weighted by Gasteiger charge is 2.46. The van der Waals surface area contributed by atoms with E-state index < -0.39 is 5.41 Å². The van der Waals surface area contributed by atoms with E-state index in [0.717, 1.165) is 17.1 Å². The van der Waals surface area contributed by atoms with E-state index in [1.54, 1.807) is 0 Å². The number of hydrogen-bond donors (Lipinski definition) is 0. The second-order valence-electron chi connectivity index (χ2n) is 16.4. The average Bonchev–Trinajstić information content (AvgIpc) is 3.65. The summed E-state index contributed by atoms with van der Waals surface area (Å²) in [6.45, 7) is 0. The summed E-state index contributed by atoms with van der Waals surface area (Å²) in [5.41, 5.74) is 15.3. The van der Waals surface area contributed by atoms with Gasteiger partial charge in [-0.2, -0.15) is 0 Å². The summed E-state index contributed by atoms with van der Waals surface area (Å²) in [6.07, 6.45) is 0. The van der Waals surface area contributed by atoms with Crippen molar-refractivity contribution in [2.45, 2.75) is 5.41 Å². The van der Waals surface area contributed by atoms with E-state index in [9.17, 15) is 0 Å². The largest absolute Gasteiger partial charge is 0.310 e. The third-order valence-corrected chi connectivity index (χ3v) is 13.1. The molecule has 0 bridgehead atoms. The van der Waals surface area contributed by atoms with Gasteiger partial charge in [-0.25, -0.2) is 0 Å². The molecule has 1 aliphatic carbocycles. The zero-order chi connectivity index (χ0) is 41.0. The van der Waals surface area contributed by atoms with Crippen molar-refractivity contribution in [3.63, 3.8) is 0 Å². The lowest BCUT2D eigenvalue weighted by molar-refractivity contribution is 0.768. The molecule has 0 aliphatic heterocycles. The van der Waals surface area contributed by atoms with Crippen LogP contribution in [0.15, 0.2) is 249 Å². The van der Waals surface area contributed by atoms with E-state index in [1.807, 2.05) is 0 Å². The molecule has 11 aromatic carbocycles. The first-order chi connectivity index (χ1) is 30.7. The number of hydrogen-bond acceptors (Lipinski definition) is 1. The van der Waals surface area contributed by atoms with Crippen LogP contribution >= 0.6 is 0 Å². The second-order valence-corrected chi connectivity index (χ2v) is 16.4. The van der Waals surface area contributed by atoms with Crippen LogP contribution in [-0.2, 0) is 5.41 Å². The van der Waals surface area contributed by atoms with Crippen LogP contribution in [0.25, 0.3) is 65.7 Å². The summed E-state index contributed by atoms with van der Waals surface area (Å²) in [6, 6.07) is 91.7. The number of nitrogens with zero attached hydrogens (tertiary/aromatic N) is 1. The van der Waals surface area contributed by atoms with E-state index >= 15 is 0 Å². The third-order valence-electron chi connectivity index (χ3n) is 13.1. The van der Waals surface area contributed by atoms with E-state index in [4.69, 9.17) is 0 Å². The Hall–Kier alpha value is -8.00. The lowest BCUT2D eigenvalue weighted by Crippen LogP contribution is -2.28. The molecule has 0 spiro atoms. The van der Waals surface area contributed by atoms with Gasteiger partial charge in [-0.3, -0.25) is 0 Å². The Morgan fingerprint density at radius 2 is 0.758 bits per heavy atom. The van der Waals surface area contributed by atoms with Crippen LogP contribution in [0.2, 0.25) is 0 Å². The summed E-state index contributed by atoms with van der Waals surface area (Å²) in [5.74, 6) is 0. The lowest BCUT2D eigenvalue weighted by Gasteiger charge is -2.35. The Bertz CT molecular complexity index is 3400. The monoisotopic (exact) mass is 787 g/mol. The van der Waals surface area contributed by atoms with Crippen molar-refractivity contribution >= 4 is 49.4 Å². The zero-order valence-corrected chi connectivity index (χ0v) is 34.1. The minimum absolute atomic E-state index is 0.512. The van der Waals surface area contributed by atoms with Gasteiger partial charge in [0.2, 0.25) is 0 Å². The molecule has 0 fully saturated rings. The predicted molar refractivity (Wildman–Crippen MR) is 262 cm³/mol. The highest BCUT2D eigenvalue weighted by molar-refractivity contribution is 6.10. The molecule has 62 heavy (non-hydrogen) atoms. The Morgan fingerprint density at radius 1 is 0.258 bits per heavy atom. The van der Waals surface area contributed by atoms with Crippen LogP contribution in [0.5, 0.6) is 0 Å². The van der Waals surface area contributed by atoms with Crippen LogP contribution in [0, 0.1) is 0 Å². The zero-order valence-electron chi connectivity index (χ0n) is 34.1. The Labute approximate surface area is 362 Å². The van der Waals surface area contributed by atoms with Crippen molar-refractivity contribution in [3.05, 3.63) is 271 Å². The molecule has 1 heteroatoms. The normalized spacial score (nSPS) is 12.6. The van der Waals surface area contributed by atoms with Gasteiger partial charge >= 0.3 is 0 Å². The second kappa shape index (κ2) is 14.6. The van der Waals surface area contributed by atoms with Gasteiger partial charge in [-0.05, 0) is 130 Å². The van der Waals surface area contributed by atoms with Gasteiger partial charge in [0.15, 0.2) is 0 Å². The van der Waals surface area contributed by atoms with Gasteiger partial charge in [0.25, 0.3) is 0 Å². The summed E-state index contributed by atoms with van der Waals surface area (Å²) in [5, 5.41) is 7.42. The molecule has 11 aromatic rings.